The van der Waals surface area contributed by atoms with Crippen LogP contribution in [-0.2, 0) is 6.42 Å². The second-order valence-corrected chi connectivity index (χ2v) is 5.75. The quantitative estimate of drug-likeness (QED) is 0.774. The molecule has 0 aromatic heterocycles. The Kier molecular flexibility index (Phi) is 3.69. The summed E-state index contributed by atoms with van der Waals surface area (Å²) in [5.74, 6) is -0.916. The fourth-order valence-electron chi connectivity index (χ4n) is 3.01. The summed E-state index contributed by atoms with van der Waals surface area (Å²) in [6.45, 7) is 4.02. The van der Waals surface area contributed by atoms with Gasteiger partial charge in [-0.05, 0) is 67.6 Å². The Labute approximate surface area is 128 Å². The normalized spacial score (nSPS) is 13.9. The molecule has 2 nitrogen and oxygen atoms in total. The van der Waals surface area contributed by atoms with Gasteiger partial charge < -0.3 is 4.90 Å². The van der Waals surface area contributed by atoms with Gasteiger partial charge in [0.05, 0.1) is 5.69 Å². The molecule has 0 fully saturated rings. The zero-order valence-corrected chi connectivity index (χ0v) is 12.6. The summed E-state index contributed by atoms with van der Waals surface area (Å²) in [5, 5.41) is 0. The molecule has 0 N–H and O–H groups in total. The lowest BCUT2D eigenvalue weighted by molar-refractivity contribution is 0.0984. The van der Waals surface area contributed by atoms with Crippen LogP contribution in [-0.4, -0.2) is 12.5 Å². The Morgan fingerprint density at radius 1 is 1.09 bits per heavy atom. The summed E-state index contributed by atoms with van der Waals surface area (Å²) in [4.78, 5) is 14.4. The zero-order chi connectivity index (χ0) is 15.9. The lowest BCUT2D eigenvalue weighted by atomic mass is 9.97. The predicted octanol–water partition coefficient (Wildman–Crippen LogP) is 4.17. The minimum absolute atomic E-state index is 0.241. The highest BCUT2D eigenvalue weighted by molar-refractivity contribution is 6.07. The monoisotopic (exact) mass is 301 g/mol. The van der Waals surface area contributed by atoms with Crippen LogP contribution in [0, 0.1) is 25.5 Å². The van der Waals surface area contributed by atoms with E-state index in [4.69, 9.17) is 0 Å². The molecule has 114 valence electrons. The molecule has 0 radical (unpaired) electrons. The lowest BCUT2D eigenvalue weighted by Crippen LogP contribution is -2.36. The first kappa shape index (κ1) is 14.7. The topological polar surface area (TPSA) is 20.3 Å². The molecule has 0 saturated carbocycles. The molecule has 1 aliphatic rings. The molecule has 0 aliphatic carbocycles. The van der Waals surface area contributed by atoms with Crippen molar-refractivity contribution < 1.29 is 13.6 Å². The van der Waals surface area contributed by atoms with E-state index < -0.39 is 0 Å². The van der Waals surface area contributed by atoms with E-state index in [-0.39, 0.29) is 17.5 Å². The first-order valence-corrected chi connectivity index (χ1v) is 7.34. The molecule has 1 aliphatic heterocycles. The first-order valence-electron chi connectivity index (χ1n) is 7.34. The van der Waals surface area contributed by atoms with Crippen molar-refractivity contribution in [2.24, 2.45) is 0 Å². The van der Waals surface area contributed by atoms with Gasteiger partial charge in [0, 0.05) is 12.1 Å². The van der Waals surface area contributed by atoms with Gasteiger partial charge in [0.25, 0.3) is 5.91 Å². The van der Waals surface area contributed by atoms with Crippen LogP contribution in [0.25, 0.3) is 0 Å². The van der Waals surface area contributed by atoms with Crippen LogP contribution in [0.3, 0.4) is 0 Å². The van der Waals surface area contributed by atoms with Crippen LogP contribution in [0.15, 0.2) is 30.3 Å². The predicted molar refractivity (Wildman–Crippen MR) is 82.3 cm³/mol. The fraction of sp³-hybridized carbons (Fsp3) is 0.278. The highest BCUT2D eigenvalue weighted by Crippen LogP contribution is 2.32. The molecule has 1 amide bonds. The third-order valence-electron chi connectivity index (χ3n) is 4.11. The summed E-state index contributed by atoms with van der Waals surface area (Å²) < 4.78 is 27.3. The van der Waals surface area contributed by atoms with Crippen LogP contribution >= 0.6 is 0 Å². The molecule has 0 saturated heterocycles. The number of carbonyl (C=O) groups is 1. The van der Waals surface area contributed by atoms with Gasteiger partial charge in [-0.25, -0.2) is 8.78 Å². The second kappa shape index (κ2) is 5.52. The summed E-state index contributed by atoms with van der Waals surface area (Å²) in [7, 11) is 0. The van der Waals surface area contributed by atoms with Crippen molar-refractivity contribution >= 4 is 11.6 Å². The summed E-state index contributed by atoms with van der Waals surface area (Å²) >= 11 is 0. The molecule has 2 aromatic rings. The number of benzene rings is 2. The van der Waals surface area contributed by atoms with Gasteiger partial charge in [0.2, 0.25) is 0 Å². The third kappa shape index (κ3) is 2.49. The first-order chi connectivity index (χ1) is 10.5. The van der Waals surface area contributed by atoms with Crippen molar-refractivity contribution in [3.63, 3.8) is 0 Å². The molecule has 22 heavy (non-hydrogen) atoms. The highest BCUT2D eigenvalue weighted by atomic mass is 19.1. The van der Waals surface area contributed by atoms with Crippen LogP contribution in [0.5, 0.6) is 0 Å². The second-order valence-electron chi connectivity index (χ2n) is 5.75. The number of rotatable bonds is 1. The van der Waals surface area contributed by atoms with Crippen LogP contribution in [0.2, 0.25) is 0 Å². The maximum Gasteiger partial charge on any atom is 0.258 e. The maximum absolute atomic E-state index is 13.7. The average Bonchev–Trinajstić information content (AvgIpc) is 2.48. The Bertz CT molecular complexity index is 755. The van der Waals surface area contributed by atoms with Crippen molar-refractivity contribution in [2.75, 3.05) is 11.4 Å². The molecule has 4 heteroatoms. The van der Waals surface area contributed by atoms with E-state index in [0.29, 0.717) is 17.7 Å². The maximum atomic E-state index is 13.7. The number of anilines is 1. The SMILES string of the molecule is Cc1ccc(C(=O)N2CCCc3cc(F)cc(C)c32)cc1F. The van der Waals surface area contributed by atoms with Gasteiger partial charge in [-0.3, -0.25) is 4.79 Å². The Balaban J connectivity index is 2.03. The number of carbonyl (C=O) groups excluding carboxylic acids is 1. The number of hydrogen-bond acceptors (Lipinski definition) is 1. The Morgan fingerprint density at radius 3 is 2.59 bits per heavy atom. The number of nitrogens with zero attached hydrogens (tertiary/aromatic N) is 1. The van der Waals surface area contributed by atoms with Crippen molar-refractivity contribution in [3.8, 4) is 0 Å². The van der Waals surface area contributed by atoms with Gasteiger partial charge >= 0.3 is 0 Å². The molecule has 0 bridgehead atoms. The van der Waals surface area contributed by atoms with Gasteiger partial charge in [-0.1, -0.05) is 6.07 Å². The number of halogens is 2. The fourth-order valence-corrected chi connectivity index (χ4v) is 3.01. The molecule has 0 unspecified atom stereocenters. The van der Waals surface area contributed by atoms with Gasteiger partial charge in [0.15, 0.2) is 0 Å². The van der Waals surface area contributed by atoms with Crippen LogP contribution in [0.1, 0.15) is 33.5 Å². The van der Waals surface area contributed by atoms with Gasteiger partial charge in [-0.15, -0.1) is 0 Å². The average molecular weight is 301 g/mol. The molecule has 3 rings (SSSR count). The Morgan fingerprint density at radius 2 is 1.86 bits per heavy atom. The standard InChI is InChI=1S/C18H17F2NO/c1-11-5-6-14(10-16(11)20)18(22)21-7-3-4-13-9-15(19)8-12(2)17(13)21/h5-6,8-10H,3-4,7H2,1-2H3. The molecular weight excluding hydrogens is 284 g/mol. The van der Waals surface area contributed by atoms with E-state index in [9.17, 15) is 13.6 Å². The lowest BCUT2D eigenvalue weighted by Gasteiger charge is -2.31. The molecule has 2 aromatic carbocycles. The molecule has 1 heterocycles. The van der Waals surface area contributed by atoms with Gasteiger partial charge in [0.1, 0.15) is 11.6 Å². The van der Waals surface area contributed by atoms with E-state index in [2.05, 4.69) is 0 Å². The van der Waals surface area contributed by atoms with Crippen molar-refractivity contribution in [3.05, 3.63) is 64.2 Å². The van der Waals surface area contributed by atoms with E-state index in [1.807, 2.05) is 0 Å². The molecule has 0 atom stereocenters. The largest absolute Gasteiger partial charge is 0.308 e. The zero-order valence-electron chi connectivity index (χ0n) is 12.6. The van der Waals surface area contributed by atoms with E-state index in [1.54, 1.807) is 30.9 Å². The number of amides is 1. The summed E-state index contributed by atoms with van der Waals surface area (Å²) in [6, 6.07) is 7.42. The number of hydrogen-bond donors (Lipinski definition) is 0. The Hall–Kier alpha value is -2.23. The van der Waals surface area contributed by atoms with Crippen molar-refractivity contribution in [2.45, 2.75) is 26.7 Å². The minimum Gasteiger partial charge on any atom is -0.308 e. The smallest absolute Gasteiger partial charge is 0.258 e. The van der Waals surface area contributed by atoms with Crippen LogP contribution in [0.4, 0.5) is 14.5 Å². The molecular formula is C18H17F2NO. The number of fused-ring (bicyclic) bond motifs is 1. The molecule has 0 spiro atoms. The van der Waals surface area contributed by atoms with E-state index in [1.165, 1.54) is 18.2 Å². The minimum atomic E-state index is -0.390. The summed E-state index contributed by atoms with van der Waals surface area (Å²) in [6.07, 6.45) is 1.52. The van der Waals surface area contributed by atoms with Gasteiger partial charge in [-0.2, -0.15) is 0 Å². The highest BCUT2D eigenvalue weighted by Gasteiger charge is 2.26. The van der Waals surface area contributed by atoms with Crippen LogP contribution < -0.4 is 4.90 Å². The summed E-state index contributed by atoms with van der Waals surface area (Å²) in [5.41, 5.74) is 3.16. The van der Waals surface area contributed by atoms with Crippen molar-refractivity contribution in [1.82, 2.24) is 0 Å². The van der Waals surface area contributed by atoms with E-state index in [0.717, 1.165) is 29.7 Å². The third-order valence-corrected chi connectivity index (χ3v) is 4.11. The number of aryl methyl sites for hydroxylation is 3. The van der Waals surface area contributed by atoms with Crippen molar-refractivity contribution in [1.29, 1.82) is 0 Å². The van der Waals surface area contributed by atoms with E-state index >= 15 is 0 Å².